The smallest absolute Gasteiger partial charge is 0.343 e. The second-order valence-electron chi connectivity index (χ2n) is 8.96. The molecular formula is C23H25N17O3. The van der Waals surface area contributed by atoms with Crippen molar-refractivity contribution in [2.75, 3.05) is 18.6 Å². The highest BCUT2D eigenvalue weighted by Gasteiger charge is 2.21. The van der Waals surface area contributed by atoms with Crippen molar-refractivity contribution in [2.24, 2.45) is 40.3 Å². The zero-order chi connectivity index (χ0) is 31.0. The summed E-state index contributed by atoms with van der Waals surface area (Å²) in [6.45, 7) is 3.37. The molecule has 5 rings (SSSR count). The lowest BCUT2D eigenvalue weighted by atomic mass is 10.3. The highest BCUT2D eigenvalue weighted by atomic mass is 16.5. The molecule has 20 nitrogen and oxygen atoms in total. The van der Waals surface area contributed by atoms with Gasteiger partial charge < -0.3 is 21.9 Å². The van der Waals surface area contributed by atoms with Crippen LogP contribution in [0.3, 0.4) is 0 Å². The molecule has 0 aliphatic carbocycles. The molecule has 43 heavy (non-hydrogen) atoms. The van der Waals surface area contributed by atoms with Crippen LogP contribution in [0.25, 0.3) is 11.6 Å². The Hall–Kier alpha value is -6.34. The SMILES string of the molecule is COC(=O)c1cnn(C)c1/N=N/c1c(C)nn(-c2cc(-n3nc(C)c(/N=N/c4c(C(N)=O)cnn4C)c3N)ncn2)c1N. The van der Waals surface area contributed by atoms with Crippen LogP contribution in [-0.4, -0.2) is 68.1 Å². The van der Waals surface area contributed by atoms with Gasteiger partial charge in [0.2, 0.25) is 0 Å². The lowest BCUT2D eigenvalue weighted by Gasteiger charge is -2.06. The van der Waals surface area contributed by atoms with E-state index in [4.69, 9.17) is 21.9 Å². The number of carbonyl (C=O) groups excluding carboxylic acids is 2. The molecule has 0 saturated heterocycles. The molecule has 220 valence electrons. The van der Waals surface area contributed by atoms with E-state index in [0.29, 0.717) is 11.4 Å². The fraction of sp³-hybridized carbons (Fsp3) is 0.217. The van der Waals surface area contributed by atoms with E-state index in [1.54, 1.807) is 34.0 Å². The van der Waals surface area contributed by atoms with Gasteiger partial charge in [-0.25, -0.2) is 24.1 Å². The largest absolute Gasteiger partial charge is 0.465 e. The number of azo groups is 2. The number of ether oxygens (including phenoxy) is 1. The Morgan fingerprint density at radius 1 is 0.791 bits per heavy atom. The summed E-state index contributed by atoms with van der Waals surface area (Å²) in [6.07, 6.45) is 3.91. The van der Waals surface area contributed by atoms with Gasteiger partial charge >= 0.3 is 5.97 Å². The first-order valence-corrected chi connectivity index (χ1v) is 12.3. The molecule has 1 amide bonds. The number of nitrogens with two attached hydrogens (primary N) is 3. The monoisotopic (exact) mass is 587 g/mol. The molecule has 5 aromatic rings. The highest BCUT2D eigenvalue weighted by molar-refractivity contribution is 5.96. The van der Waals surface area contributed by atoms with E-state index in [2.05, 4.69) is 50.8 Å². The van der Waals surface area contributed by atoms with Crippen LogP contribution in [0.2, 0.25) is 0 Å². The molecule has 0 radical (unpaired) electrons. The molecule has 0 bridgehead atoms. The van der Waals surface area contributed by atoms with Gasteiger partial charge in [0.05, 0.1) is 30.9 Å². The number of methoxy groups -OCH3 is 1. The van der Waals surface area contributed by atoms with E-state index < -0.39 is 11.9 Å². The number of primary amides is 1. The summed E-state index contributed by atoms with van der Waals surface area (Å²) >= 11 is 0. The summed E-state index contributed by atoms with van der Waals surface area (Å²) < 4.78 is 10.2. The molecule has 5 aromatic heterocycles. The topological polar surface area (TPSA) is 268 Å². The first-order valence-electron chi connectivity index (χ1n) is 12.3. The minimum absolute atomic E-state index is 0.102. The van der Waals surface area contributed by atoms with E-state index in [1.165, 1.54) is 44.6 Å². The lowest BCUT2D eigenvalue weighted by Crippen LogP contribution is -2.10. The van der Waals surface area contributed by atoms with Crippen molar-refractivity contribution < 1.29 is 14.3 Å². The number of nitrogens with zero attached hydrogens (tertiary/aromatic N) is 14. The highest BCUT2D eigenvalue weighted by Crippen LogP contribution is 2.33. The van der Waals surface area contributed by atoms with Crippen molar-refractivity contribution in [3.8, 4) is 11.6 Å². The van der Waals surface area contributed by atoms with Crippen LogP contribution in [0.1, 0.15) is 32.1 Å². The molecule has 0 aliphatic rings. The van der Waals surface area contributed by atoms with Crippen LogP contribution in [0, 0.1) is 13.8 Å². The number of hydrogen-bond donors (Lipinski definition) is 3. The molecule has 0 unspecified atom stereocenters. The Balaban J connectivity index is 1.47. The fourth-order valence-corrected chi connectivity index (χ4v) is 3.96. The molecule has 0 fully saturated rings. The normalized spacial score (nSPS) is 11.7. The quantitative estimate of drug-likeness (QED) is 0.174. The number of esters is 1. The molecule has 5 heterocycles. The number of rotatable bonds is 8. The summed E-state index contributed by atoms with van der Waals surface area (Å²) in [7, 11) is 4.46. The molecule has 0 aromatic carbocycles. The number of carbonyl (C=O) groups is 2. The molecule has 20 heteroatoms. The third kappa shape index (κ3) is 5.03. The maximum atomic E-state index is 12.0. The van der Waals surface area contributed by atoms with Crippen LogP contribution in [0.4, 0.5) is 34.6 Å². The Bertz CT molecular complexity index is 1940. The summed E-state index contributed by atoms with van der Waals surface area (Å²) in [5, 5.41) is 33.6. The van der Waals surface area contributed by atoms with Gasteiger partial charge in [0, 0.05) is 20.2 Å². The number of hydrogen-bond acceptors (Lipinski definition) is 15. The van der Waals surface area contributed by atoms with Crippen LogP contribution in [0.5, 0.6) is 0 Å². The van der Waals surface area contributed by atoms with Gasteiger partial charge in [-0.2, -0.15) is 29.8 Å². The fourth-order valence-electron chi connectivity index (χ4n) is 3.96. The Morgan fingerprint density at radius 3 is 1.72 bits per heavy atom. The summed E-state index contributed by atoms with van der Waals surface area (Å²) in [4.78, 5) is 32.3. The van der Waals surface area contributed by atoms with Gasteiger partial charge in [0.25, 0.3) is 5.91 Å². The van der Waals surface area contributed by atoms with Crippen LogP contribution in [0.15, 0.2) is 45.2 Å². The van der Waals surface area contributed by atoms with Gasteiger partial charge in [-0.15, -0.1) is 20.5 Å². The predicted octanol–water partition coefficient (Wildman–Crippen LogP) is 1.81. The predicted molar refractivity (Wildman–Crippen MR) is 149 cm³/mol. The average Bonchev–Trinajstić information content (AvgIpc) is 3.70. The number of anilines is 2. The van der Waals surface area contributed by atoms with E-state index in [1.807, 2.05) is 0 Å². The van der Waals surface area contributed by atoms with E-state index >= 15 is 0 Å². The zero-order valence-corrected chi connectivity index (χ0v) is 23.5. The second kappa shape index (κ2) is 10.9. The molecule has 6 N–H and O–H groups in total. The van der Waals surface area contributed by atoms with E-state index in [-0.39, 0.29) is 57.4 Å². The van der Waals surface area contributed by atoms with Crippen molar-refractivity contribution in [3.63, 3.8) is 0 Å². The van der Waals surface area contributed by atoms with E-state index in [9.17, 15) is 9.59 Å². The minimum Gasteiger partial charge on any atom is -0.465 e. The van der Waals surface area contributed by atoms with E-state index in [0.717, 1.165) is 0 Å². The van der Waals surface area contributed by atoms with Crippen molar-refractivity contribution in [3.05, 3.63) is 47.3 Å². The molecule has 0 spiro atoms. The van der Waals surface area contributed by atoms with Crippen molar-refractivity contribution in [1.82, 2.24) is 49.1 Å². The third-order valence-electron chi connectivity index (χ3n) is 6.17. The Labute approximate surface area is 241 Å². The van der Waals surface area contributed by atoms with Gasteiger partial charge in [0.15, 0.2) is 46.3 Å². The Kier molecular flexibility index (Phi) is 7.15. The number of amides is 1. The van der Waals surface area contributed by atoms with Gasteiger partial charge in [-0.3, -0.25) is 4.79 Å². The first-order chi connectivity index (χ1) is 20.5. The van der Waals surface area contributed by atoms with Crippen LogP contribution < -0.4 is 17.2 Å². The third-order valence-corrected chi connectivity index (χ3v) is 6.17. The van der Waals surface area contributed by atoms with Gasteiger partial charge in [-0.1, -0.05) is 0 Å². The number of aryl methyl sites for hydroxylation is 4. The van der Waals surface area contributed by atoms with Crippen LogP contribution in [-0.2, 0) is 18.8 Å². The van der Waals surface area contributed by atoms with Gasteiger partial charge in [-0.05, 0) is 13.8 Å². The second-order valence-corrected chi connectivity index (χ2v) is 8.96. The lowest BCUT2D eigenvalue weighted by molar-refractivity contribution is 0.0601. The molecule has 0 saturated carbocycles. The standard InChI is InChI=1S/C23H25N17O3/c1-10-16(31-33-21-12(20(26)41)7-29-37(21)3)18(24)39(35-10)14-6-15(28-9-27-14)40-19(25)17(11(2)36-40)32-34-22-13(23(42)43-5)8-30-38(22)4/h6-9H,24-25H2,1-5H3,(H2,26,41)/b33-31+,34-32+. The Morgan fingerprint density at radius 2 is 1.26 bits per heavy atom. The minimum atomic E-state index is -0.698. The van der Waals surface area contributed by atoms with Crippen LogP contribution >= 0.6 is 0 Å². The van der Waals surface area contributed by atoms with Gasteiger partial charge in [0.1, 0.15) is 17.5 Å². The van der Waals surface area contributed by atoms with Crippen molar-refractivity contribution >= 4 is 46.5 Å². The zero-order valence-electron chi connectivity index (χ0n) is 23.5. The summed E-state index contributed by atoms with van der Waals surface area (Å²) in [6, 6.07) is 1.55. The number of aromatic nitrogens is 10. The number of nitrogen functional groups attached to an aromatic ring is 2. The maximum absolute atomic E-state index is 12.0. The van der Waals surface area contributed by atoms with Crippen molar-refractivity contribution in [1.29, 1.82) is 0 Å². The summed E-state index contributed by atoms with van der Waals surface area (Å²) in [5.41, 5.74) is 19.7. The molecule has 0 aliphatic heterocycles. The summed E-state index contributed by atoms with van der Waals surface area (Å²) in [5.74, 6) is -0.185. The molecule has 0 atom stereocenters. The average molecular weight is 588 g/mol. The van der Waals surface area contributed by atoms with Crippen molar-refractivity contribution in [2.45, 2.75) is 13.8 Å². The maximum Gasteiger partial charge on any atom is 0.343 e. The first kappa shape index (κ1) is 28.2. The molecular weight excluding hydrogens is 562 g/mol.